The maximum absolute atomic E-state index is 11.0. The van der Waals surface area contributed by atoms with Gasteiger partial charge in [0.15, 0.2) is 0 Å². The quantitative estimate of drug-likeness (QED) is 0.284. The Labute approximate surface area is 49.0 Å². The van der Waals surface area contributed by atoms with Gasteiger partial charge in [-0.2, -0.15) is 0 Å². The molecule has 0 aliphatic heterocycles. The van der Waals surface area contributed by atoms with Crippen molar-refractivity contribution in [2.24, 2.45) is 0 Å². The Kier molecular flexibility index (Phi) is 2.27. The number of halogens is 3. The van der Waals surface area contributed by atoms with Crippen molar-refractivity contribution in [1.29, 1.82) is 0 Å². The third-order valence-corrected chi connectivity index (χ3v) is 0.631. The summed E-state index contributed by atoms with van der Waals surface area (Å²) in [6.07, 6.45) is -4.58. The Morgan fingerprint density at radius 2 is 1.88 bits per heavy atom. The molecule has 0 rings (SSSR count). The van der Waals surface area contributed by atoms with Gasteiger partial charge in [-0.15, -0.1) is 0 Å². The molecule has 0 N–H and O–H groups in total. The van der Waals surface area contributed by atoms with Gasteiger partial charge in [-0.05, 0) is 0 Å². The Morgan fingerprint density at radius 1 is 1.50 bits per heavy atom. The van der Waals surface area contributed by atoms with Crippen LogP contribution in [0.4, 0.5) is 13.2 Å². The van der Waals surface area contributed by atoms with Crippen LogP contribution in [0.3, 0.4) is 0 Å². The number of rotatable bonds is 1. The molecule has 0 atom stereocenters. The molecule has 1 nitrogen and oxygen atoms in total. The third-order valence-electron chi connectivity index (χ3n) is 0.397. The average Bonchev–Trinajstić information content (AvgIpc) is 1.62. The van der Waals surface area contributed by atoms with Gasteiger partial charge in [-0.3, -0.25) is 0 Å². The van der Waals surface area contributed by atoms with E-state index in [1.165, 1.54) is 0 Å². The number of thiol groups is 1. The summed E-state index contributed by atoms with van der Waals surface area (Å²) >= 11 is 3.01. The first kappa shape index (κ1) is 7.74. The Balaban J connectivity index is 4.02. The summed E-state index contributed by atoms with van der Waals surface area (Å²) in [5, 5.41) is 0. The molecule has 0 aromatic carbocycles. The van der Waals surface area contributed by atoms with E-state index >= 15 is 0 Å². The van der Waals surface area contributed by atoms with Gasteiger partial charge in [0.1, 0.15) is 0 Å². The van der Waals surface area contributed by atoms with Crippen molar-refractivity contribution in [2.75, 3.05) is 0 Å². The van der Waals surface area contributed by atoms with Crippen LogP contribution in [-0.2, 0) is 16.8 Å². The molecule has 0 aliphatic carbocycles. The molecule has 6 heteroatoms. The van der Waals surface area contributed by atoms with E-state index in [4.69, 9.17) is 0 Å². The molecule has 0 fully saturated rings. The third kappa shape index (κ3) is 2.16. The zero-order valence-corrected chi connectivity index (χ0v) is 4.46. The fourth-order valence-corrected chi connectivity index (χ4v) is 0.220. The van der Waals surface area contributed by atoms with Crippen molar-refractivity contribution in [2.45, 2.75) is 6.18 Å². The second-order valence-corrected chi connectivity index (χ2v) is 1.25. The van der Waals surface area contributed by atoms with Gasteiger partial charge in [0.05, 0.1) is 0 Å². The molecule has 0 unspecified atom stereocenters. The molecule has 0 aromatic heterocycles. The zero-order valence-electron chi connectivity index (χ0n) is 3.57. The van der Waals surface area contributed by atoms with E-state index in [0.29, 0.717) is 0 Å². The number of carbonyl (C=O) groups is 1. The minimum absolute atomic E-state index is 0.181. The first-order valence-electron chi connectivity index (χ1n) is 1.57. The summed E-state index contributed by atoms with van der Waals surface area (Å²) < 4.78 is 33.1. The van der Waals surface area contributed by atoms with E-state index in [1.807, 2.05) is 0 Å². The van der Waals surface area contributed by atoms with Crippen molar-refractivity contribution in [3.63, 3.8) is 0 Å². The molecule has 0 heterocycles. The molecule has 44 valence electrons. The Morgan fingerprint density at radius 3 is 1.88 bits per heavy atom. The van der Waals surface area contributed by atoms with Crippen LogP contribution in [0.15, 0.2) is 0 Å². The summed E-state index contributed by atoms with van der Waals surface area (Å²) in [4.78, 5) is 9.58. The Hall–Kier alpha value is -0.255. The van der Waals surface area contributed by atoms with Gasteiger partial charge in [-0.25, -0.2) is 0 Å². The van der Waals surface area contributed by atoms with E-state index in [1.54, 1.807) is 0 Å². The van der Waals surface area contributed by atoms with E-state index in [0.717, 1.165) is 0 Å². The van der Waals surface area contributed by atoms with Crippen LogP contribution in [0.5, 0.6) is 0 Å². The molecule has 0 aliphatic rings. The van der Waals surface area contributed by atoms with Crippen LogP contribution in [0.25, 0.3) is 0 Å². The molecule has 0 radical (unpaired) electrons. The monoisotopic (exact) mass is 141 g/mol. The molecule has 0 spiro atoms. The van der Waals surface area contributed by atoms with Crippen molar-refractivity contribution >= 4 is 23.9 Å². The van der Waals surface area contributed by atoms with Crippen molar-refractivity contribution in [3.8, 4) is 0 Å². The normalized spacial score (nSPS) is 10.4. The second-order valence-electron chi connectivity index (χ2n) is 0.991. The van der Waals surface area contributed by atoms with Gasteiger partial charge >= 0.3 is 48.0 Å². The van der Waals surface area contributed by atoms with Crippen molar-refractivity contribution < 1.29 is 18.0 Å². The number of hydrogen-bond acceptors (Lipinski definition) is 1. The van der Waals surface area contributed by atoms with Crippen LogP contribution in [0, 0.1) is 0 Å². The van der Waals surface area contributed by atoms with Crippen LogP contribution in [-0.4, -0.2) is 18.0 Å². The van der Waals surface area contributed by atoms with Gasteiger partial charge in [0, 0.05) is 0 Å². The van der Waals surface area contributed by atoms with E-state index in [9.17, 15) is 18.0 Å². The first-order valence-corrected chi connectivity index (χ1v) is 2.08. The number of carbonyl (C=O) groups excluding carboxylic acids is 1. The van der Waals surface area contributed by atoms with Crippen molar-refractivity contribution in [3.05, 3.63) is 0 Å². The summed E-state index contributed by atoms with van der Waals surface area (Å²) in [6.45, 7) is 0. The van der Waals surface area contributed by atoms with Gasteiger partial charge in [-0.1, -0.05) is 0 Å². The minimum atomic E-state index is -4.76. The first-order chi connectivity index (χ1) is 3.48. The number of alkyl halides is 3. The zero-order chi connectivity index (χ0) is 6.78. The van der Waals surface area contributed by atoms with Crippen LogP contribution < -0.4 is 0 Å². The predicted molar refractivity (Wildman–Crippen MR) is 25.6 cm³/mol. The van der Waals surface area contributed by atoms with Gasteiger partial charge in [0.2, 0.25) is 0 Å². The van der Waals surface area contributed by atoms with E-state index in [-0.39, 0.29) is 6.15 Å². The topological polar surface area (TPSA) is 17.1 Å². The second kappa shape index (κ2) is 2.34. The summed E-state index contributed by atoms with van der Waals surface area (Å²) in [5.41, 5.74) is -1.93. The molecule has 0 saturated carbocycles. The summed E-state index contributed by atoms with van der Waals surface area (Å²) in [7, 11) is 0. The number of hydrogen-bond donors (Lipinski definition) is 0. The SMILES string of the molecule is O=C(B=[SH+])C(F)(F)F. The molecular formula is C2HBF3OS+. The Bertz CT molecular complexity index is 119. The van der Waals surface area contributed by atoms with E-state index < -0.39 is 11.9 Å². The fraction of sp³-hybridized carbons (Fsp3) is 0.500. The standard InChI is InChI=1S/C2BF3OS/c4-2(5,6)1(7)3-8/p+1. The maximum atomic E-state index is 11.0. The van der Waals surface area contributed by atoms with Crippen LogP contribution in [0.2, 0.25) is 0 Å². The molecule has 0 aromatic rings. The summed E-state index contributed by atoms with van der Waals surface area (Å²) in [5.74, 6) is 0. The molecule has 0 saturated heterocycles. The fourth-order valence-electron chi connectivity index (χ4n) is 0.0732. The van der Waals surface area contributed by atoms with E-state index in [2.05, 4.69) is 12.1 Å². The van der Waals surface area contributed by atoms with Gasteiger partial charge < -0.3 is 0 Å². The van der Waals surface area contributed by atoms with Crippen LogP contribution in [0.1, 0.15) is 0 Å². The van der Waals surface area contributed by atoms with Crippen LogP contribution >= 0.6 is 0 Å². The average molecular weight is 141 g/mol. The molecular weight excluding hydrogens is 140 g/mol. The molecule has 0 amide bonds. The molecule has 8 heavy (non-hydrogen) atoms. The van der Waals surface area contributed by atoms with Gasteiger partial charge in [0.25, 0.3) is 0 Å². The summed E-state index contributed by atoms with van der Waals surface area (Å²) in [6, 6.07) is 0. The van der Waals surface area contributed by atoms with Crippen molar-refractivity contribution in [1.82, 2.24) is 0 Å². The predicted octanol–water partition coefficient (Wildman–Crippen LogP) is -0.0263. The molecule has 0 bridgehead atoms.